The molecular weight excluding hydrogens is 291 g/mol. The molecule has 0 aliphatic rings. The van der Waals surface area contributed by atoms with E-state index in [4.69, 9.17) is 0 Å². The predicted octanol–water partition coefficient (Wildman–Crippen LogP) is 1.44. The van der Waals surface area contributed by atoms with E-state index in [0.717, 1.165) is 9.13 Å². The molecule has 0 saturated heterocycles. The lowest BCUT2D eigenvalue weighted by molar-refractivity contribution is 0.607. The number of hydrogen-bond acceptors (Lipinski definition) is 2. The van der Waals surface area contributed by atoms with Crippen molar-refractivity contribution >= 4 is 15.9 Å². The van der Waals surface area contributed by atoms with E-state index >= 15 is 0 Å². The van der Waals surface area contributed by atoms with Crippen molar-refractivity contribution in [2.75, 3.05) is 0 Å². The minimum absolute atomic E-state index is 0.105. The zero-order valence-electron chi connectivity index (χ0n) is 8.85. The van der Waals surface area contributed by atoms with E-state index in [0.29, 0.717) is 4.47 Å². The fraction of sp³-hybridized carbons (Fsp3) is 0.0909. The van der Waals surface area contributed by atoms with Gasteiger partial charge in [-0.05, 0) is 18.2 Å². The molecule has 2 aromatic rings. The lowest BCUT2D eigenvalue weighted by Crippen LogP contribution is -2.36. The Hall–Kier alpha value is -1.69. The highest BCUT2D eigenvalue weighted by molar-refractivity contribution is 9.10. The summed E-state index contributed by atoms with van der Waals surface area (Å²) in [5, 5.41) is 0. The highest BCUT2D eigenvalue weighted by Crippen LogP contribution is 2.17. The number of halogens is 2. The van der Waals surface area contributed by atoms with Crippen molar-refractivity contribution in [2.45, 2.75) is 0 Å². The molecule has 17 heavy (non-hydrogen) atoms. The topological polar surface area (TPSA) is 44.0 Å². The molecule has 0 N–H and O–H groups in total. The van der Waals surface area contributed by atoms with Gasteiger partial charge in [0.25, 0.3) is 5.56 Å². The van der Waals surface area contributed by atoms with Gasteiger partial charge in [0.2, 0.25) is 0 Å². The van der Waals surface area contributed by atoms with Crippen LogP contribution in [0, 0.1) is 5.82 Å². The summed E-state index contributed by atoms with van der Waals surface area (Å²) < 4.78 is 16.3. The first kappa shape index (κ1) is 11.8. The molecule has 0 atom stereocenters. The maximum Gasteiger partial charge on any atom is 0.335 e. The van der Waals surface area contributed by atoms with E-state index in [1.54, 1.807) is 6.07 Å². The molecule has 0 amide bonds. The number of nitrogens with zero attached hydrogens (tertiary/aromatic N) is 2. The fourth-order valence-electron chi connectivity index (χ4n) is 1.43. The summed E-state index contributed by atoms with van der Waals surface area (Å²) in [4.78, 5) is 23.0. The van der Waals surface area contributed by atoms with Gasteiger partial charge in [0, 0.05) is 23.8 Å². The lowest BCUT2D eigenvalue weighted by atomic mass is 10.3. The minimum Gasteiger partial charge on any atom is -0.269 e. The molecule has 2 rings (SSSR count). The highest BCUT2D eigenvalue weighted by Gasteiger charge is 2.08. The largest absolute Gasteiger partial charge is 0.335 e. The number of benzene rings is 1. The average molecular weight is 299 g/mol. The fourth-order valence-corrected chi connectivity index (χ4v) is 1.76. The second-order valence-corrected chi connectivity index (χ2v) is 4.38. The molecule has 1 aromatic carbocycles. The maximum absolute atomic E-state index is 13.7. The zero-order valence-corrected chi connectivity index (χ0v) is 10.4. The van der Waals surface area contributed by atoms with Crippen molar-refractivity contribution in [3.63, 3.8) is 0 Å². The van der Waals surface area contributed by atoms with Crippen LogP contribution in [0.15, 0.2) is 44.5 Å². The summed E-state index contributed by atoms with van der Waals surface area (Å²) >= 11 is 3.13. The van der Waals surface area contributed by atoms with Crippen LogP contribution in [-0.4, -0.2) is 9.13 Å². The van der Waals surface area contributed by atoms with Crippen LogP contribution >= 0.6 is 15.9 Å². The summed E-state index contributed by atoms with van der Waals surface area (Å²) in [6, 6.07) is 5.55. The van der Waals surface area contributed by atoms with Gasteiger partial charge >= 0.3 is 5.69 Å². The Morgan fingerprint density at radius 1 is 1.24 bits per heavy atom. The van der Waals surface area contributed by atoms with Gasteiger partial charge < -0.3 is 0 Å². The van der Waals surface area contributed by atoms with Crippen molar-refractivity contribution in [1.82, 2.24) is 9.13 Å². The molecule has 0 fully saturated rings. The summed E-state index contributed by atoms with van der Waals surface area (Å²) in [5.74, 6) is -0.542. The molecule has 1 aromatic heterocycles. The molecule has 88 valence electrons. The summed E-state index contributed by atoms with van der Waals surface area (Å²) in [6.07, 6.45) is 1.26. The van der Waals surface area contributed by atoms with Gasteiger partial charge in [-0.15, -0.1) is 0 Å². The van der Waals surface area contributed by atoms with Crippen molar-refractivity contribution in [3.05, 3.63) is 61.6 Å². The molecular formula is C11H8BrFN2O2. The van der Waals surface area contributed by atoms with Crippen molar-refractivity contribution < 1.29 is 4.39 Å². The minimum atomic E-state index is -0.585. The van der Waals surface area contributed by atoms with Crippen molar-refractivity contribution in [1.29, 1.82) is 0 Å². The lowest BCUT2D eigenvalue weighted by Gasteiger charge is -2.08. The van der Waals surface area contributed by atoms with Gasteiger partial charge in [-0.2, -0.15) is 0 Å². The third kappa shape index (κ3) is 2.08. The van der Waals surface area contributed by atoms with Crippen LogP contribution < -0.4 is 11.2 Å². The molecule has 0 aliphatic carbocycles. The number of rotatable bonds is 1. The normalized spacial score (nSPS) is 10.5. The van der Waals surface area contributed by atoms with Gasteiger partial charge in [0.05, 0.1) is 5.69 Å². The quantitative estimate of drug-likeness (QED) is 0.800. The molecule has 1 heterocycles. The summed E-state index contributed by atoms with van der Waals surface area (Å²) in [7, 11) is 1.35. The first-order chi connectivity index (χ1) is 8.00. The Balaban J connectivity index is 2.74. The van der Waals surface area contributed by atoms with Gasteiger partial charge in [0.1, 0.15) is 5.82 Å². The van der Waals surface area contributed by atoms with Gasteiger partial charge in [-0.3, -0.25) is 13.9 Å². The summed E-state index contributed by atoms with van der Waals surface area (Å²) in [6.45, 7) is 0. The van der Waals surface area contributed by atoms with E-state index in [1.165, 1.54) is 31.4 Å². The van der Waals surface area contributed by atoms with Crippen LogP contribution in [0.4, 0.5) is 4.39 Å². The average Bonchev–Trinajstić information content (AvgIpc) is 2.28. The molecule has 4 nitrogen and oxygen atoms in total. The first-order valence-electron chi connectivity index (χ1n) is 4.75. The second kappa shape index (κ2) is 4.29. The van der Waals surface area contributed by atoms with E-state index in [-0.39, 0.29) is 5.69 Å². The maximum atomic E-state index is 13.7. The predicted molar refractivity (Wildman–Crippen MR) is 64.9 cm³/mol. The first-order valence-corrected chi connectivity index (χ1v) is 5.54. The molecule has 0 aliphatic heterocycles. The Labute approximate surface area is 104 Å². The molecule has 0 bridgehead atoms. The van der Waals surface area contributed by atoms with Gasteiger partial charge in [-0.25, -0.2) is 9.18 Å². The van der Waals surface area contributed by atoms with E-state index in [2.05, 4.69) is 15.9 Å². The molecule has 0 saturated carbocycles. The van der Waals surface area contributed by atoms with E-state index in [9.17, 15) is 14.0 Å². The Bertz CT molecular complexity index is 691. The Morgan fingerprint density at radius 2 is 1.94 bits per heavy atom. The zero-order chi connectivity index (χ0) is 12.6. The Morgan fingerprint density at radius 3 is 2.59 bits per heavy atom. The van der Waals surface area contributed by atoms with E-state index < -0.39 is 17.1 Å². The Kier molecular flexibility index (Phi) is 2.97. The number of aromatic nitrogens is 2. The van der Waals surface area contributed by atoms with Crippen molar-refractivity contribution in [3.8, 4) is 5.69 Å². The summed E-state index contributed by atoms with van der Waals surface area (Å²) in [5.41, 5.74) is -0.906. The van der Waals surface area contributed by atoms with Crippen LogP contribution in [0.3, 0.4) is 0 Å². The monoisotopic (exact) mass is 298 g/mol. The van der Waals surface area contributed by atoms with E-state index in [1.807, 2.05) is 0 Å². The third-order valence-electron chi connectivity index (χ3n) is 2.36. The third-order valence-corrected chi connectivity index (χ3v) is 2.85. The molecule has 0 radical (unpaired) electrons. The standard InChI is InChI=1S/C11H8BrFN2O2/c1-14-10(16)4-5-15(11(14)17)9-3-2-7(12)6-8(9)13/h2-6H,1H3. The van der Waals surface area contributed by atoms with Crippen LogP contribution in [0.2, 0.25) is 0 Å². The van der Waals surface area contributed by atoms with Crippen LogP contribution in [0.1, 0.15) is 0 Å². The van der Waals surface area contributed by atoms with Crippen LogP contribution in [0.5, 0.6) is 0 Å². The molecule has 0 spiro atoms. The van der Waals surface area contributed by atoms with Crippen molar-refractivity contribution in [2.24, 2.45) is 7.05 Å². The van der Waals surface area contributed by atoms with Gasteiger partial charge in [0.15, 0.2) is 0 Å². The molecule has 6 heteroatoms. The second-order valence-electron chi connectivity index (χ2n) is 3.46. The molecule has 0 unspecified atom stereocenters. The SMILES string of the molecule is Cn1c(=O)ccn(-c2ccc(Br)cc2F)c1=O. The smallest absolute Gasteiger partial charge is 0.269 e. The van der Waals surface area contributed by atoms with Crippen LogP contribution in [0.25, 0.3) is 5.69 Å². The number of hydrogen-bond donors (Lipinski definition) is 0. The van der Waals surface area contributed by atoms with Gasteiger partial charge in [-0.1, -0.05) is 15.9 Å². The van der Waals surface area contributed by atoms with Crippen LogP contribution in [-0.2, 0) is 7.05 Å². The highest BCUT2D eigenvalue weighted by atomic mass is 79.9.